The summed E-state index contributed by atoms with van der Waals surface area (Å²) in [4.78, 5) is 0. The van der Waals surface area contributed by atoms with Crippen LogP contribution in [-0.2, 0) is 0 Å². The van der Waals surface area contributed by atoms with Gasteiger partial charge < -0.3 is 0 Å². The second kappa shape index (κ2) is 613. The molecule has 0 aromatic rings. The van der Waals surface area contributed by atoms with Gasteiger partial charge in [-0.05, 0) is 4.01 Å². The minimum absolute atomic E-state index is 0. The minimum atomic E-state index is 0. The lowest BCUT2D eigenvalue weighted by molar-refractivity contribution is 2.50. The van der Waals surface area contributed by atoms with Crippen LogP contribution < -0.4 is 0 Å². The Morgan fingerprint density at radius 2 is 0.750 bits per heavy atom. The number of rotatable bonds is 0. The maximum absolute atomic E-state index is 6.05. The van der Waals surface area contributed by atoms with Gasteiger partial charge in [0, 0.05) is 26.7 Å². The largest absolute Gasteiger partial charge is 0.183 e. The van der Waals surface area contributed by atoms with Crippen LogP contribution in [0.5, 0.6) is 0 Å². The summed E-state index contributed by atoms with van der Waals surface area (Å²) in [6, 6.07) is 0. The zero-order chi connectivity index (χ0) is 8.12. The first-order valence-electron chi connectivity index (χ1n) is 2.73. The molecule has 0 rings (SSSR count). The quantitative estimate of drug-likeness (QED) is 0.400. The van der Waals surface area contributed by atoms with Crippen LogP contribution in [-0.4, -0.2) is 51.8 Å². The van der Waals surface area contributed by atoms with E-state index < -0.39 is 0 Å². The van der Waals surface area contributed by atoms with Crippen LogP contribution in [0.4, 0.5) is 0 Å². The molecule has 12 radical (unpaired) electrons. The molecule has 0 aliphatic rings. The van der Waals surface area contributed by atoms with E-state index in [0.717, 1.165) is 0 Å². The lowest BCUT2D eigenvalue weighted by Gasteiger charge is -1.04. The second-order valence-electron chi connectivity index (χ2n) is 0. The first-order valence-corrected chi connectivity index (χ1v) is 3.00. The van der Waals surface area contributed by atoms with Gasteiger partial charge in [0.2, 0.25) is 0 Å². The van der Waals surface area contributed by atoms with Crippen molar-refractivity contribution in [3.63, 3.8) is 0 Å². The predicted molar refractivity (Wildman–Crippen MR) is 90.1 cm³/mol. The van der Waals surface area contributed by atoms with Gasteiger partial charge in [-0.25, -0.2) is 0 Å². The predicted octanol–water partition coefficient (Wildman–Crippen LogP) is 0.0438. The highest BCUT2D eigenvalue weighted by molar-refractivity contribution is 7.50. The molecule has 0 aromatic carbocycles. The van der Waals surface area contributed by atoms with Crippen LogP contribution in [0, 0.1) is 0 Å². The summed E-state index contributed by atoms with van der Waals surface area (Å²) < 4.78 is 18.1. The molecule has 0 aliphatic heterocycles. The van der Waals surface area contributed by atoms with Gasteiger partial charge >= 0.3 is 0 Å². The van der Waals surface area contributed by atoms with Crippen molar-refractivity contribution in [1.82, 2.24) is 0 Å². The topological polar surface area (TPSA) is 0 Å². The maximum atomic E-state index is 6.05. The van der Waals surface area contributed by atoms with Crippen LogP contribution in [0.15, 0.2) is 0 Å². The molecule has 3 unspecified atom stereocenters. The minimum Gasteiger partial charge on any atom is -0.183 e. The molecule has 9 heteroatoms. The van der Waals surface area contributed by atoms with Crippen LogP contribution in [0.2, 0.25) is 0 Å². The standard InChI is InChI=1S/3CH4.3BH3P.3B.H2/c;;;3*1-2;;;;/h3*1H4;3*1H,2H2;;;;1H/i;;;3*1D;;;;1+1. The molecule has 0 nitrogen and oxygen atoms in total. The molecule has 0 N–H and O–H groups in total. The van der Waals surface area contributed by atoms with Crippen molar-refractivity contribution in [2.24, 2.45) is 0 Å². The molecule has 3 atom stereocenters. The molecule has 0 aromatic heterocycles. The van der Waals surface area contributed by atoms with E-state index in [0.29, 0.717) is 0 Å². The monoisotopic (exact) mass is 222 g/mol. The van der Waals surface area contributed by atoms with Crippen LogP contribution in [0.25, 0.3) is 0 Å². The highest BCUT2D eigenvalue weighted by atomic mass is 31.0. The fourth-order valence-electron chi connectivity index (χ4n) is 0. The van der Waals surface area contributed by atoms with E-state index >= 15 is 0 Å². The molecule has 0 saturated carbocycles. The molecule has 0 saturated heterocycles. The van der Waals surface area contributed by atoms with E-state index in [1.165, 1.54) is 22.6 Å². The van der Waals surface area contributed by atoms with E-state index in [1.54, 1.807) is 0 Å². The zero-order valence-electron chi connectivity index (χ0n) is 8.20. The molecule has 0 heterocycles. The van der Waals surface area contributed by atoms with Crippen molar-refractivity contribution in [1.29, 1.82) is 4.01 Å². The van der Waals surface area contributed by atoms with E-state index in [-0.39, 0.29) is 48.9 Å². The number of hydrogen-bond acceptors (Lipinski definition) is 0. The van der Waals surface area contributed by atoms with Gasteiger partial charge in [0.25, 0.3) is 0 Å². The zero-order valence-corrected chi connectivity index (χ0v) is 8.66. The van der Waals surface area contributed by atoms with Gasteiger partial charge in [0.15, 0.2) is 0 Å². The molecule has 0 aliphatic carbocycles. The van der Waals surface area contributed by atoms with E-state index in [1.807, 2.05) is 0 Å². The summed E-state index contributed by atoms with van der Waals surface area (Å²) in [6.07, 6.45) is 0. The summed E-state index contributed by atoms with van der Waals surface area (Å²) in [6.45, 7) is 0. The summed E-state index contributed by atoms with van der Waals surface area (Å²) in [5.74, 6) is 0. The van der Waals surface area contributed by atoms with Crippen LogP contribution in [0.3, 0.4) is 0 Å². The first kappa shape index (κ1) is 37.3. The maximum Gasteiger partial charge on any atom is 0.116 e. The first-order chi connectivity index (χ1) is 4.24. The third-order valence-corrected chi connectivity index (χ3v) is 0. The Morgan fingerprint density at radius 1 is 0.750 bits per heavy atom. The Bertz CT molecular complexity index is 35.7. The van der Waals surface area contributed by atoms with Crippen molar-refractivity contribution < 1.29 is 1.43 Å². The molecule has 0 fully saturated rings. The fourth-order valence-corrected chi connectivity index (χ4v) is 0. The molecule has 0 bridgehead atoms. The molecule has 0 spiro atoms. The SMILES string of the molecule is C.C.C.[2HH].[2H][B]P.[2H][B]P.[2H][B]P.[B].[B].[B]. The highest BCUT2D eigenvalue weighted by Crippen LogP contribution is 1.42. The van der Waals surface area contributed by atoms with Crippen LogP contribution in [0.1, 0.15) is 23.7 Å². The van der Waals surface area contributed by atoms with Crippen molar-refractivity contribution >= 4 is 75.2 Å². The van der Waals surface area contributed by atoms with E-state index in [2.05, 4.69) is 27.4 Å². The van der Waals surface area contributed by atoms with Gasteiger partial charge in [0.05, 0.1) is 0 Å². The molecular weight excluding hydrogens is 194 g/mol. The average Bonchev–Trinajstić information content (AvgIpc) is 1.70. The Kier molecular flexibility index (Phi) is 1910. The van der Waals surface area contributed by atoms with Crippen molar-refractivity contribution in [2.45, 2.75) is 22.3 Å². The summed E-state index contributed by atoms with van der Waals surface area (Å²) in [7, 11) is 9.86. The summed E-state index contributed by atoms with van der Waals surface area (Å²) in [5, 5.41) is 0. The highest BCUT2D eigenvalue weighted by Gasteiger charge is 0.982. The molecular formula is C3H23B6P3. The smallest absolute Gasteiger partial charge is 0.116 e. The average molecular weight is 221 g/mol. The Labute approximate surface area is 103 Å². The lowest BCUT2D eigenvalue weighted by Crippen LogP contribution is -0.937. The molecule has 0 amide bonds. The van der Waals surface area contributed by atoms with Crippen molar-refractivity contribution in [2.75, 3.05) is 0 Å². The lowest BCUT2D eigenvalue weighted by atomic mass is 10.8. The Morgan fingerprint density at radius 3 is 0.750 bits per heavy atom. The third kappa shape index (κ3) is 472. The van der Waals surface area contributed by atoms with Gasteiger partial charge in [0.1, 0.15) is 22.6 Å². The fraction of sp³-hybridized carbons (Fsp3) is 1.00. The molecule has 68 valence electrons. The Hall–Kier alpha value is 1.68. The van der Waals surface area contributed by atoms with Crippen molar-refractivity contribution in [3.05, 3.63) is 0 Å². The third-order valence-electron chi connectivity index (χ3n) is 0. The van der Waals surface area contributed by atoms with E-state index in [4.69, 9.17) is 4.01 Å². The summed E-state index contributed by atoms with van der Waals surface area (Å²) >= 11 is 0. The van der Waals surface area contributed by atoms with Gasteiger partial charge in [-0.1, -0.05) is 22.3 Å². The van der Waals surface area contributed by atoms with Gasteiger partial charge in [-0.15, -0.1) is 0 Å². The van der Waals surface area contributed by atoms with Crippen LogP contribution >= 0.6 is 27.4 Å². The summed E-state index contributed by atoms with van der Waals surface area (Å²) in [5.41, 5.74) is 0. The van der Waals surface area contributed by atoms with Crippen molar-refractivity contribution in [3.8, 4) is 0 Å². The second-order valence-corrected chi connectivity index (χ2v) is 0. The molecule has 12 heavy (non-hydrogen) atoms. The van der Waals surface area contributed by atoms with Gasteiger partial charge in [-0.3, -0.25) is 0 Å². The Balaban J connectivity index is -0.00000000346. The normalized spacial score (nSPS) is 3.75. The van der Waals surface area contributed by atoms with E-state index in [9.17, 15) is 0 Å². The number of hydrogen-bond donors (Lipinski definition) is 0. The van der Waals surface area contributed by atoms with Gasteiger partial charge in [-0.2, -0.15) is 27.4 Å².